The van der Waals surface area contributed by atoms with Crippen LogP contribution in [0.25, 0.3) is 0 Å². The second kappa shape index (κ2) is 6.00. The predicted octanol–water partition coefficient (Wildman–Crippen LogP) is 1.29. The van der Waals surface area contributed by atoms with Gasteiger partial charge in [0.1, 0.15) is 5.82 Å². The number of sulfonamides is 1. The van der Waals surface area contributed by atoms with Gasteiger partial charge in [-0.2, -0.15) is 0 Å². The minimum absolute atomic E-state index is 0.148. The first-order chi connectivity index (χ1) is 9.85. The number of imidazole rings is 1. The Labute approximate surface area is 124 Å². The van der Waals surface area contributed by atoms with E-state index in [1.165, 1.54) is 0 Å². The van der Waals surface area contributed by atoms with E-state index in [2.05, 4.69) is 14.7 Å². The monoisotopic (exact) mass is 311 g/mol. The quantitative estimate of drug-likeness (QED) is 0.747. The molecule has 0 saturated heterocycles. The van der Waals surface area contributed by atoms with Gasteiger partial charge in [-0.25, -0.2) is 18.1 Å². The van der Waals surface area contributed by atoms with E-state index in [-0.39, 0.29) is 10.9 Å². The highest BCUT2D eigenvalue weighted by Crippen LogP contribution is 2.20. The Kier molecular flexibility index (Phi) is 4.50. The van der Waals surface area contributed by atoms with Crippen molar-refractivity contribution in [2.75, 3.05) is 0 Å². The minimum Gasteiger partial charge on any atom is -0.347 e. The summed E-state index contributed by atoms with van der Waals surface area (Å²) in [6.07, 6.45) is 4.86. The Morgan fingerprint density at radius 2 is 2.14 bits per heavy atom. The van der Waals surface area contributed by atoms with Gasteiger partial charge < -0.3 is 15.3 Å². The van der Waals surface area contributed by atoms with E-state index in [1.54, 1.807) is 31.6 Å². The van der Waals surface area contributed by atoms with Crippen molar-refractivity contribution in [2.24, 2.45) is 5.73 Å². The van der Waals surface area contributed by atoms with Crippen LogP contribution in [0.5, 0.6) is 0 Å². The fourth-order valence-electron chi connectivity index (χ4n) is 2.16. The van der Waals surface area contributed by atoms with E-state index in [0.717, 1.165) is 5.69 Å². The second-order valence-electron chi connectivity index (χ2n) is 5.19. The fraction of sp³-hybridized carbons (Fsp3) is 0.462. The van der Waals surface area contributed by atoms with Crippen molar-refractivity contribution >= 4 is 10.0 Å². The van der Waals surface area contributed by atoms with Crippen LogP contribution >= 0.6 is 0 Å². The molecule has 0 aliphatic carbocycles. The number of nitrogens with zero attached hydrogens (tertiary/aromatic N) is 2. The Morgan fingerprint density at radius 3 is 2.62 bits per heavy atom. The molecule has 2 aromatic heterocycles. The van der Waals surface area contributed by atoms with E-state index in [4.69, 9.17) is 5.73 Å². The lowest BCUT2D eigenvalue weighted by atomic mass is 10.3. The van der Waals surface area contributed by atoms with E-state index >= 15 is 0 Å². The normalized spacial score (nSPS) is 13.8. The summed E-state index contributed by atoms with van der Waals surface area (Å²) in [4.78, 5) is 7.16. The van der Waals surface area contributed by atoms with Gasteiger partial charge >= 0.3 is 0 Å². The van der Waals surface area contributed by atoms with Crippen molar-refractivity contribution in [3.05, 3.63) is 36.2 Å². The van der Waals surface area contributed by atoms with E-state index in [1.807, 2.05) is 18.4 Å². The molecule has 2 heterocycles. The highest BCUT2D eigenvalue weighted by Gasteiger charge is 2.22. The second-order valence-corrected chi connectivity index (χ2v) is 6.90. The van der Waals surface area contributed by atoms with Crippen LogP contribution in [0.2, 0.25) is 0 Å². The zero-order valence-electron chi connectivity index (χ0n) is 12.4. The van der Waals surface area contributed by atoms with Gasteiger partial charge in [0.25, 0.3) is 0 Å². The van der Waals surface area contributed by atoms with Crippen molar-refractivity contribution in [3.8, 4) is 0 Å². The van der Waals surface area contributed by atoms with Crippen LogP contribution in [0.4, 0.5) is 0 Å². The average molecular weight is 311 g/mol. The lowest BCUT2D eigenvalue weighted by Crippen LogP contribution is -2.27. The first-order valence-corrected chi connectivity index (χ1v) is 8.26. The van der Waals surface area contributed by atoms with Gasteiger partial charge in [-0.1, -0.05) is 0 Å². The fourth-order valence-corrected chi connectivity index (χ4v) is 3.42. The molecule has 0 fully saturated rings. The topological polar surface area (TPSA) is 106 Å². The van der Waals surface area contributed by atoms with E-state index < -0.39 is 16.1 Å². The Bertz CT molecular complexity index is 688. The molecule has 8 heteroatoms. The summed E-state index contributed by atoms with van der Waals surface area (Å²) in [5.74, 6) is 0.570. The maximum atomic E-state index is 12.4. The molecule has 0 aliphatic heterocycles. The molecule has 2 aromatic rings. The van der Waals surface area contributed by atoms with E-state index in [9.17, 15) is 8.42 Å². The van der Waals surface area contributed by atoms with Gasteiger partial charge in [0, 0.05) is 36.9 Å². The van der Waals surface area contributed by atoms with Crippen molar-refractivity contribution < 1.29 is 8.42 Å². The van der Waals surface area contributed by atoms with Crippen LogP contribution in [0.3, 0.4) is 0 Å². The van der Waals surface area contributed by atoms with Crippen molar-refractivity contribution in [2.45, 2.75) is 44.3 Å². The van der Waals surface area contributed by atoms with Crippen LogP contribution in [-0.4, -0.2) is 23.0 Å². The summed E-state index contributed by atoms with van der Waals surface area (Å²) in [6, 6.07) is 1.32. The van der Waals surface area contributed by atoms with Gasteiger partial charge in [-0.05, 0) is 26.8 Å². The van der Waals surface area contributed by atoms with Gasteiger partial charge in [0.2, 0.25) is 10.0 Å². The molecule has 0 aromatic carbocycles. The largest absolute Gasteiger partial charge is 0.347 e. The van der Waals surface area contributed by atoms with Crippen LogP contribution in [0.15, 0.2) is 29.6 Å². The van der Waals surface area contributed by atoms with Gasteiger partial charge in [0.05, 0.1) is 10.9 Å². The molecule has 0 amide bonds. The highest BCUT2D eigenvalue weighted by atomic mass is 32.2. The summed E-state index contributed by atoms with van der Waals surface area (Å²) < 4.78 is 29.3. The number of nitrogens with two attached hydrogens (primary N) is 1. The number of H-pyrrole nitrogens is 1. The van der Waals surface area contributed by atoms with Gasteiger partial charge in [0.15, 0.2) is 0 Å². The first-order valence-electron chi connectivity index (χ1n) is 6.77. The molecular weight excluding hydrogens is 290 g/mol. The number of aromatic amines is 1. The van der Waals surface area contributed by atoms with Gasteiger partial charge in [-0.3, -0.25) is 0 Å². The third-order valence-corrected chi connectivity index (χ3v) is 4.75. The zero-order valence-corrected chi connectivity index (χ0v) is 13.2. The lowest BCUT2D eigenvalue weighted by molar-refractivity contribution is 0.557. The maximum Gasteiger partial charge on any atom is 0.242 e. The third kappa shape index (κ3) is 3.34. The molecule has 7 nitrogen and oxygen atoms in total. The summed E-state index contributed by atoms with van der Waals surface area (Å²) in [5, 5.41) is 0. The number of hydrogen-bond acceptors (Lipinski definition) is 4. The third-order valence-electron chi connectivity index (χ3n) is 3.24. The molecule has 0 saturated carbocycles. The van der Waals surface area contributed by atoms with Crippen LogP contribution in [0.1, 0.15) is 44.4 Å². The minimum atomic E-state index is -3.62. The van der Waals surface area contributed by atoms with Crippen LogP contribution in [0, 0.1) is 0 Å². The Balaban J connectivity index is 2.27. The molecule has 1 unspecified atom stereocenters. The van der Waals surface area contributed by atoms with Crippen molar-refractivity contribution in [3.63, 3.8) is 0 Å². The standard InChI is InChI=1S/C13H21N5O2S/c1-9(2)18-8-12(6-11(18)7-14)21(19,20)17-10(3)13-15-4-5-16-13/h4-6,8-10,17H,7,14H2,1-3H3,(H,15,16). The predicted molar refractivity (Wildman–Crippen MR) is 80.0 cm³/mol. The number of aromatic nitrogens is 3. The first kappa shape index (κ1) is 15.7. The summed E-state index contributed by atoms with van der Waals surface area (Å²) in [7, 11) is -3.62. The summed E-state index contributed by atoms with van der Waals surface area (Å²) in [5.41, 5.74) is 6.46. The Morgan fingerprint density at radius 1 is 1.43 bits per heavy atom. The van der Waals surface area contributed by atoms with Crippen molar-refractivity contribution in [1.29, 1.82) is 0 Å². The molecular formula is C13H21N5O2S. The van der Waals surface area contributed by atoms with Gasteiger partial charge in [-0.15, -0.1) is 0 Å². The lowest BCUT2D eigenvalue weighted by Gasteiger charge is -2.12. The molecule has 0 spiro atoms. The van der Waals surface area contributed by atoms with E-state index in [0.29, 0.717) is 12.4 Å². The number of rotatable bonds is 6. The molecule has 116 valence electrons. The SMILES string of the molecule is CC(NS(=O)(=O)c1cc(CN)n(C(C)C)c1)c1ncc[nH]1. The zero-order chi connectivity index (χ0) is 15.6. The number of hydrogen-bond donors (Lipinski definition) is 3. The summed E-state index contributed by atoms with van der Waals surface area (Å²) >= 11 is 0. The van der Waals surface area contributed by atoms with Crippen LogP contribution in [-0.2, 0) is 16.6 Å². The maximum absolute atomic E-state index is 12.4. The van der Waals surface area contributed by atoms with Crippen LogP contribution < -0.4 is 10.5 Å². The molecule has 0 bridgehead atoms. The molecule has 1 atom stereocenters. The number of nitrogens with one attached hydrogen (secondary N) is 2. The summed E-state index contributed by atoms with van der Waals surface area (Å²) in [6.45, 7) is 5.99. The average Bonchev–Trinajstić information content (AvgIpc) is 3.07. The molecule has 0 radical (unpaired) electrons. The molecule has 21 heavy (non-hydrogen) atoms. The Hall–Kier alpha value is -1.64. The van der Waals surface area contributed by atoms with Crippen molar-refractivity contribution in [1.82, 2.24) is 19.3 Å². The molecule has 2 rings (SSSR count). The smallest absolute Gasteiger partial charge is 0.242 e. The molecule has 4 N–H and O–H groups in total. The molecule has 0 aliphatic rings. The highest BCUT2D eigenvalue weighted by molar-refractivity contribution is 7.89.